The molecule has 0 saturated carbocycles. The van der Waals surface area contributed by atoms with Gasteiger partial charge in [0.1, 0.15) is 5.70 Å². The molecule has 0 atom stereocenters. The van der Waals surface area contributed by atoms with Crippen LogP contribution in [0.5, 0.6) is 0 Å². The number of allylic oxidation sites excluding steroid dienone is 3. The molecule has 3 N–H and O–H groups in total. The Kier molecular flexibility index (Phi) is 8.54. The van der Waals surface area contributed by atoms with Crippen LogP contribution in [0.3, 0.4) is 0 Å². The summed E-state index contributed by atoms with van der Waals surface area (Å²) in [5, 5.41) is 11.6. The van der Waals surface area contributed by atoms with E-state index in [1.807, 2.05) is 64.4 Å². The minimum Gasteiger partial charge on any atom is -0.415 e. The van der Waals surface area contributed by atoms with Gasteiger partial charge in [-0.2, -0.15) is 0 Å². The zero-order valence-corrected chi connectivity index (χ0v) is 21.3. The molecular weight excluding hydrogens is 440 g/mol. The topological polar surface area (TPSA) is 111 Å². The number of nitrogens with one attached hydrogen (secondary N) is 1. The number of aliphatic imine (C=N–C) groups is 1. The molecule has 0 aliphatic heterocycles. The zero-order chi connectivity index (χ0) is 25.5. The summed E-state index contributed by atoms with van der Waals surface area (Å²) >= 11 is 0. The molecule has 0 aliphatic carbocycles. The Hall–Kier alpha value is -3.78. The molecule has 35 heavy (non-hydrogen) atoms. The number of nitrogens with zero attached hydrogens (tertiary/aromatic N) is 4. The van der Waals surface area contributed by atoms with Crippen molar-refractivity contribution in [3.8, 4) is 11.5 Å². The van der Waals surface area contributed by atoms with Crippen LogP contribution in [0.4, 0.5) is 0 Å². The van der Waals surface area contributed by atoms with Crippen molar-refractivity contribution in [2.24, 2.45) is 10.7 Å². The van der Waals surface area contributed by atoms with Crippen molar-refractivity contribution >= 4 is 11.4 Å². The van der Waals surface area contributed by atoms with E-state index in [9.17, 15) is 4.79 Å². The number of rotatable bonds is 9. The summed E-state index contributed by atoms with van der Waals surface area (Å²) in [5.74, 6) is 0.623. The molecule has 1 aromatic carbocycles. The Morgan fingerprint density at radius 3 is 2.66 bits per heavy atom. The van der Waals surface area contributed by atoms with Gasteiger partial charge in [0.05, 0.1) is 5.71 Å². The van der Waals surface area contributed by atoms with Crippen LogP contribution in [-0.4, -0.2) is 27.5 Å². The summed E-state index contributed by atoms with van der Waals surface area (Å²) in [6.45, 7) is 10.5. The minimum absolute atomic E-state index is 0.0170. The second kappa shape index (κ2) is 11.6. The lowest BCUT2D eigenvalue weighted by Crippen LogP contribution is -2.21. The van der Waals surface area contributed by atoms with Gasteiger partial charge in [-0.3, -0.25) is 4.79 Å². The van der Waals surface area contributed by atoms with Crippen molar-refractivity contribution in [2.45, 2.75) is 53.6 Å². The van der Waals surface area contributed by atoms with Gasteiger partial charge < -0.3 is 20.0 Å². The van der Waals surface area contributed by atoms with E-state index in [0.717, 1.165) is 35.2 Å². The maximum atomic E-state index is 12.3. The van der Waals surface area contributed by atoms with E-state index in [0.29, 0.717) is 23.0 Å². The number of benzene rings is 1. The van der Waals surface area contributed by atoms with E-state index in [-0.39, 0.29) is 17.5 Å². The second-order valence-corrected chi connectivity index (χ2v) is 8.77. The molecule has 0 bridgehead atoms. The van der Waals surface area contributed by atoms with Gasteiger partial charge in [-0.1, -0.05) is 24.6 Å². The average Bonchev–Trinajstić information content (AvgIpc) is 3.32. The van der Waals surface area contributed by atoms with Gasteiger partial charge in [0.2, 0.25) is 5.89 Å². The first-order chi connectivity index (χ1) is 16.7. The summed E-state index contributed by atoms with van der Waals surface area (Å²) in [6, 6.07) is 11.3. The molecule has 0 amide bonds. The van der Waals surface area contributed by atoms with Gasteiger partial charge in [-0.05, 0) is 71.0 Å². The standard InChI is InChI=1S/C27H34N6O2/c1-7-18(4)13-23(22-11-12-24(34)33(16-22)17(2)3)30-25(19(5)28)27-32-31-26(35-27)21-10-8-9-20(14-21)15-29-6/h8-14,16-17,29H,7,15,28H2,1-6H3/b18-13+,25-19+,30-23-. The summed E-state index contributed by atoms with van der Waals surface area (Å²) in [5.41, 5.74) is 11.5. The zero-order valence-electron chi connectivity index (χ0n) is 21.3. The van der Waals surface area contributed by atoms with E-state index >= 15 is 0 Å². The molecule has 0 spiro atoms. The summed E-state index contributed by atoms with van der Waals surface area (Å²) < 4.78 is 7.69. The van der Waals surface area contributed by atoms with Crippen LogP contribution in [0.2, 0.25) is 0 Å². The number of hydrogen-bond donors (Lipinski definition) is 2. The molecule has 0 fully saturated rings. The van der Waals surface area contributed by atoms with Gasteiger partial charge in [-0.25, -0.2) is 4.99 Å². The summed E-state index contributed by atoms with van der Waals surface area (Å²) in [6.07, 6.45) is 4.67. The first-order valence-corrected chi connectivity index (χ1v) is 11.8. The molecule has 0 saturated heterocycles. The maximum absolute atomic E-state index is 12.3. The van der Waals surface area contributed by atoms with Crippen LogP contribution in [0.25, 0.3) is 17.2 Å². The van der Waals surface area contributed by atoms with Crippen LogP contribution in [-0.2, 0) is 6.54 Å². The number of pyridine rings is 1. The number of nitrogens with two attached hydrogens (primary N) is 1. The summed E-state index contributed by atoms with van der Waals surface area (Å²) in [7, 11) is 1.90. The van der Waals surface area contributed by atoms with E-state index in [1.54, 1.807) is 23.6 Å². The molecule has 0 unspecified atom stereocenters. The van der Waals surface area contributed by atoms with Gasteiger partial charge >= 0.3 is 0 Å². The van der Waals surface area contributed by atoms with Crippen molar-refractivity contribution < 1.29 is 4.42 Å². The molecule has 3 rings (SSSR count). The third-order valence-electron chi connectivity index (χ3n) is 5.52. The average molecular weight is 475 g/mol. The van der Waals surface area contributed by atoms with Crippen molar-refractivity contribution in [1.29, 1.82) is 0 Å². The molecule has 0 aliphatic rings. The lowest BCUT2D eigenvalue weighted by Gasteiger charge is -2.12. The predicted octanol–water partition coefficient (Wildman–Crippen LogP) is 4.69. The van der Waals surface area contributed by atoms with Gasteiger partial charge in [-0.15, -0.1) is 10.2 Å². The third kappa shape index (κ3) is 6.42. The molecule has 3 aromatic rings. The molecule has 8 heteroatoms. The van der Waals surface area contributed by atoms with Crippen molar-refractivity contribution in [3.05, 3.63) is 87.3 Å². The number of aromatic nitrogens is 3. The molecular formula is C27H34N6O2. The monoisotopic (exact) mass is 474 g/mol. The van der Waals surface area contributed by atoms with E-state index < -0.39 is 0 Å². The Morgan fingerprint density at radius 1 is 1.23 bits per heavy atom. The largest absolute Gasteiger partial charge is 0.415 e. The fourth-order valence-corrected chi connectivity index (χ4v) is 3.45. The van der Waals surface area contributed by atoms with Gasteiger partial charge in [0, 0.05) is 41.7 Å². The first-order valence-electron chi connectivity index (χ1n) is 11.8. The van der Waals surface area contributed by atoms with Crippen molar-refractivity contribution in [2.75, 3.05) is 7.05 Å². The quantitative estimate of drug-likeness (QED) is 0.435. The second-order valence-electron chi connectivity index (χ2n) is 8.77. The SMILES string of the molecule is CC/C(C)=C/C(=N/C(=C(\C)N)c1nnc(-c2cccc(CNC)c2)o1)c1ccc(=O)n(C(C)C)c1. The highest BCUT2D eigenvalue weighted by Crippen LogP contribution is 2.25. The smallest absolute Gasteiger partial charge is 0.268 e. The van der Waals surface area contributed by atoms with Gasteiger partial charge in [0.25, 0.3) is 11.4 Å². The normalized spacial score (nSPS) is 13.3. The Labute approximate surface area is 206 Å². The lowest BCUT2D eigenvalue weighted by atomic mass is 10.1. The van der Waals surface area contributed by atoms with Crippen molar-refractivity contribution in [3.63, 3.8) is 0 Å². The Bertz CT molecular complexity index is 1320. The highest BCUT2D eigenvalue weighted by atomic mass is 16.4. The molecule has 2 heterocycles. The van der Waals surface area contributed by atoms with Crippen LogP contribution in [0.15, 0.2) is 74.1 Å². The predicted molar refractivity (Wildman–Crippen MR) is 141 cm³/mol. The highest BCUT2D eigenvalue weighted by molar-refractivity contribution is 6.11. The van der Waals surface area contributed by atoms with Crippen LogP contribution >= 0.6 is 0 Å². The Morgan fingerprint density at radius 2 is 2.00 bits per heavy atom. The minimum atomic E-state index is -0.0629. The summed E-state index contributed by atoms with van der Waals surface area (Å²) in [4.78, 5) is 17.2. The van der Waals surface area contributed by atoms with E-state index in [1.165, 1.54) is 0 Å². The number of hydrogen-bond acceptors (Lipinski definition) is 7. The van der Waals surface area contributed by atoms with Gasteiger partial charge in [0.15, 0.2) is 0 Å². The Balaban J connectivity index is 2.10. The molecule has 2 aromatic heterocycles. The van der Waals surface area contributed by atoms with Crippen LogP contribution in [0.1, 0.15) is 64.1 Å². The van der Waals surface area contributed by atoms with Crippen LogP contribution < -0.4 is 16.6 Å². The fraction of sp³-hybridized carbons (Fsp3) is 0.333. The molecule has 0 radical (unpaired) electrons. The molecule has 184 valence electrons. The third-order valence-corrected chi connectivity index (χ3v) is 5.52. The van der Waals surface area contributed by atoms with Crippen LogP contribution in [0, 0.1) is 0 Å². The lowest BCUT2D eigenvalue weighted by molar-refractivity contribution is 0.551. The molecule has 8 nitrogen and oxygen atoms in total. The maximum Gasteiger partial charge on any atom is 0.268 e. The van der Waals surface area contributed by atoms with E-state index in [4.69, 9.17) is 15.1 Å². The first kappa shape index (κ1) is 25.8. The fourth-order valence-electron chi connectivity index (χ4n) is 3.45. The van der Waals surface area contributed by atoms with E-state index in [2.05, 4.69) is 22.4 Å². The highest BCUT2D eigenvalue weighted by Gasteiger charge is 2.16. The van der Waals surface area contributed by atoms with Crippen molar-refractivity contribution in [1.82, 2.24) is 20.1 Å².